The van der Waals surface area contributed by atoms with E-state index in [1.54, 1.807) is 0 Å². The fourth-order valence-corrected chi connectivity index (χ4v) is 2.44. The number of hydrogen-bond acceptors (Lipinski definition) is 2. The first kappa shape index (κ1) is 14.7. The van der Waals surface area contributed by atoms with Gasteiger partial charge in [0.15, 0.2) is 0 Å². The molecule has 1 N–H and O–H groups in total. The molecule has 0 bridgehead atoms. The molecule has 0 heterocycles. The molecule has 0 spiro atoms. The van der Waals surface area contributed by atoms with Crippen molar-refractivity contribution in [3.05, 3.63) is 58.1 Å². The van der Waals surface area contributed by atoms with E-state index in [1.807, 2.05) is 25.1 Å². The van der Waals surface area contributed by atoms with Crippen molar-refractivity contribution in [2.24, 2.45) is 0 Å². The molecule has 0 saturated carbocycles. The lowest BCUT2D eigenvalue weighted by molar-refractivity contribution is 0.340. The standard InChI is InChI=1S/C17H20ClNO/c1-4-20-17-9-8-14(10-16(17)18)19-11-15-12(2)6-5-7-13(15)3/h5-10,19H,4,11H2,1-3H3. The summed E-state index contributed by atoms with van der Waals surface area (Å²) in [7, 11) is 0. The number of benzene rings is 2. The summed E-state index contributed by atoms with van der Waals surface area (Å²) in [5, 5.41) is 4.05. The van der Waals surface area contributed by atoms with Gasteiger partial charge in [-0.1, -0.05) is 29.8 Å². The smallest absolute Gasteiger partial charge is 0.138 e. The van der Waals surface area contributed by atoms with Crippen LogP contribution < -0.4 is 10.1 Å². The third-order valence-corrected chi connectivity index (χ3v) is 3.64. The highest BCUT2D eigenvalue weighted by molar-refractivity contribution is 6.32. The number of anilines is 1. The van der Waals surface area contributed by atoms with E-state index in [0.717, 1.165) is 18.0 Å². The van der Waals surface area contributed by atoms with Gasteiger partial charge >= 0.3 is 0 Å². The molecule has 20 heavy (non-hydrogen) atoms. The minimum atomic E-state index is 0.620. The number of halogens is 1. The fourth-order valence-electron chi connectivity index (χ4n) is 2.20. The Labute approximate surface area is 125 Å². The van der Waals surface area contributed by atoms with Crippen LogP contribution in [0.25, 0.3) is 0 Å². The molecule has 3 heteroatoms. The van der Waals surface area contributed by atoms with Crippen molar-refractivity contribution in [1.29, 1.82) is 0 Å². The summed E-state index contributed by atoms with van der Waals surface area (Å²) < 4.78 is 5.43. The summed E-state index contributed by atoms with van der Waals surface area (Å²) in [5.74, 6) is 0.729. The van der Waals surface area contributed by atoms with Crippen LogP contribution >= 0.6 is 11.6 Å². The molecule has 0 aliphatic rings. The first-order valence-electron chi connectivity index (χ1n) is 6.83. The van der Waals surface area contributed by atoms with Crippen LogP contribution in [0.5, 0.6) is 5.75 Å². The average molecular weight is 290 g/mol. The normalized spacial score (nSPS) is 10.4. The minimum Gasteiger partial charge on any atom is -0.492 e. The van der Waals surface area contributed by atoms with Gasteiger partial charge in [0.1, 0.15) is 5.75 Å². The van der Waals surface area contributed by atoms with Gasteiger partial charge in [-0.2, -0.15) is 0 Å². The predicted molar refractivity (Wildman–Crippen MR) is 85.9 cm³/mol. The molecule has 0 unspecified atom stereocenters. The number of rotatable bonds is 5. The van der Waals surface area contributed by atoms with Crippen LogP contribution in [0, 0.1) is 13.8 Å². The third kappa shape index (κ3) is 3.45. The fraction of sp³-hybridized carbons (Fsp3) is 0.294. The Morgan fingerprint density at radius 2 is 1.80 bits per heavy atom. The minimum absolute atomic E-state index is 0.620. The van der Waals surface area contributed by atoms with Gasteiger partial charge in [-0.25, -0.2) is 0 Å². The van der Waals surface area contributed by atoms with Gasteiger partial charge in [0.2, 0.25) is 0 Å². The summed E-state index contributed by atoms with van der Waals surface area (Å²) in [6.45, 7) is 7.63. The van der Waals surface area contributed by atoms with Crippen molar-refractivity contribution in [3.8, 4) is 5.75 Å². The zero-order valence-corrected chi connectivity index (χ0v) is 12.9. The molecule has 0 aliphatic carbocycles. The Morgan fingerprint density at radius 3 is 2.40 bits per heavy atom. The Kier molecular flexibility index (Phi) is 4.91. The van der Waals surface area contributed by atoms with Crippen LogP contribution in [-0.2, 0) is 6.54 Å². The number of hydrogen-bond donors (Lipinski definition) is 1. The summed E-state index contributed by atoms with van der Waals surface area (Å²) >= 11 is 6.19. The molecule has 2 aromatic rings. The Balaban J connectivity index is 2.09. The van der Waals surface area contributed by atoms with Gasteiger partial charge < -0.3 is 10.1 Å². The van der Waals surface area contributed by atoms with E-state index >= 15 is 0 Å². The average Bonchev–Trinajstić information content (AvgIpc) is 2.41. The van der Waals surface area contributed by atoms with E-state index < -0.39 is 0 Å². The van der Waals surface area contributed by atoms with E-state index in [1.165, 1.54) is 16.7 Å². The number of ether oxygens (including phenoxy) is 1. The quantitative estimate of drug-likeness (QED) is 0.839. The summed E-state index contributed by atoms with van der Waals surface area (Å²) in [6, 6.07) is 12.1. The molecule has 2 aromatic carbocycles. The first-order valence-corrected chi connectivity index (χ1v) is 7.21. The van der Waals surface area contributed by atoms with Crippen molar-refractivity contribution in [2.75, 3.05) is 11.9 Å². The van der Waals surface area contributed by atoms with Gasteiger partial charge in [-0.3, -0.25) is 0 Å². The van der Waals surface area contributed by atoms with E-state index in [2.05, 4.69) is 37.4 Å². The molecule has 0 fully saturated rings. The van der Waals surface area contributed by atoms with Crippen molar-refractivity contribution < 1.29 is 4.74 Å². The highest BCUT2D eigenvalue weighted by atomic mass is 35.5. The molecule has 2 nitrogen and oxygen atoms in total. The van der Waals surface area contributed by atoms with Gasteiger partial charge in [0, 0.05) is 12.2 Å². The Hall–Kier alpha value is -1.67. The van der Waals surface area contributed by atoms with Crippen molar-refractivity contribution in [2.45, 2.75) is 27.3 Å². The summed E-state index contributed by atoms with van der Waals surface area (Å²) in [6.07, 6.45) is 0. The lowest BCUT2D eigenvalue weighted by Crippen LogP contribution is -2.03. The number of aryl methyl sites for hydroxylation is 2. The second-order valence-corrected chi connectivity index (χ2v) is 5.21. The van der Waals surface area contributed by atoms with E-state index in [0.29, 0.717) is 11.6 Å². The molecule has 0 aromatic heterocycles. The van der Waals surface area contributed by atoms with Crippen LogP contribution in [-0.4, -0.2) is 6.61 Å². The van der Waals surface area contributed by atoms with Crippen LogP contribution in [0.15, 0.2) is 36.4 Å². The maximum absolute atomic E-state index is 6.19. The molecular weight excluding hydrogens is 270 g/mol. The van der Waals surface area contributed by atoms with Gasteiger partial charge in [-0.15, -0.1) is 0 Å². The van der Waals surface area contributed by atoms with Crippen molar-refractivity contribution >= 4 is 17.3 Å². The van der Waals surface area contributed by atoms with Gasteiger partial charge in [-0.05, 0) is 55.7 Å². The predicted octanol–water partition coefficient (Wildman–Crippen LogP) is 4.97. The molecule has 106 valence electrons. The second-order valence-electron chi connectivity index (χ2n) is 4.80. The van der Waals surface area contributed by atoms with Crippen LogP contribution in [0.2, 0.25) is 5.02 Å². The van der Waals surface area contributed by atoms with Crippen LogP contribution in [0.4, 0.5) is 5.69 Å². The largest absolute Gasteiger partial charge is 0.492 e. The molecule has 0 aliphatic heterocycles. The van der Waals surface area contributed by atoms with E-state index in [-0.39, 0.29) is 0 Å². The second kappa shape index (κ2) is 6.67. The molecule has 2 rings (SSSR count). The van der Waals surface area contributed by atoms with Crippen molar-refractivity contribution in [1.82, 2.24) is 0 Å². The molecular formula is C17H20ClNO. The van der Waals surface area contributed by atoms with E-state index in [9.17, 15) is 0 Å². The monoisotopic (exact) mass is 289 g/mol. The van der Waals surface area contributed by atoms with Crippen LogP contribution in [0.1, 0.15) is 23.6 Å². The van der Waals surface area contributed by atoms with Crippen LogP contribution in [0.3, 0.4) is 0 Å². The zero-order valence-electron chi connectivity index (χ0n) is 12.2. The lowest BCUT2D eigenvalue weighted by atomic mass is 10.0. The Bertz CT molecular complexity index is 575. The maximum Gasteiger partial charge on any atom is 0.138 e. The highest BCUT2D eigenvalue weighted by Crippen LogP contribution is 2.28. The molecule has 0 saturated heterocycles. The van der Waals surface area contributed by atoms with Gasteiger partial charge in [0.25, 0.3) is 0 Å². The first-order chi connectivity index (χ1) is 9.61. The molecule has 0 amide bonds. The highest BCUT2D eigenvalue weighted by Gasteiger charge is 2.04. The third-order valence-electron chi connectivity index (χ3n) is 3.35. The number of nitrogens with one attached hydrogen (secondary N) is 1. The Morgan fingerprint density at radius 1 is 1.10 bits per heavy atom. The van der Waals surface area contributed by atoms with Gasteiger partial charge in [0.05, 0.1) is 11.6 Å². The summed E-state index contributed by atoms with van der Waals surface area (Å²) in [4.78, 5) is 0. The summed E-state index contributed by atoms with van der Waals surface area (Å²) in [5.41, 5.74) is 4.93. The topological polar surface area (TPSA) is 21.3 Å². The SMILES string of the molecule is CCOc1ccc(NCc2c(C)cccc2C)cc1Cl. The van der Waals surface area contributed by atoms with Crippen molar-refractivity contribution in [3.63, 3.8) is 0 Å². The molecule has 0 radical (unpaired) electrons. The van der Waals surface area contributed by atoms with E-state index in [4.69, 9.17) is 16.3 Å². The molecule has 0 atom stereocenters. The maximum atomic E-state index is 6.19. The zero-order chi connectivity index (χ0) is 14.5. The lowest BCUT2D eigenvalue weighted by Gasteiger charge is -2.13.